The summed E-state index contributed by atoms with van der Waals surface area (Å²) in [6.07, 6.45) is 0.995. The van der Waals surface area contributed by atoms with Crippen molar-refractivity contribution in [3.63, 3.8) is 0 Å². The van der Waals surface area contributed by atoms with Crippen molar-refractivity contribution < 1.29 is 9.34 Å². The lowest BCUT2D eigenvalue weighted by Crippen LogP contribution is -1.82. The highest BCUT2D eigenvalue weighted by molar-refractivity contribution is 5.27. The van der Waals surface area contributed by atoms with E-state index >= 15 is 0 Å². The van der Waals surface area contributed by atoms with Gasteiger partial charge in [-0.15, -0.1) is 0 Å². The summed E-state index contributed by atoms with van der Waals surface area (Å²) >= 11 is 0. The SMILES string of the molecule is [CH]c1cc([N+](=O)[O-])co1. The average molecular weight is 125 g/mol. The van der Waals surface area contributed by atoms with Crippen LogP contribution in [0.2, 0.25) is 0 Å². The minimum Gasteiger partial charge on any atom is -0.462 e. The Morgan fingerprint density at radius 1 is 1.78 bits per heavy atom. The molecule has 0 saturated carbocycles. The molecule has 0 aromatic carbocycles. The fourth-order valence-corrected chi connectivity index (χ4v) is 0.438. The molecule has 46 valence electrons. The van der Waals surface area contributed by atoms with Gasteiger partial charge in [-0.1, -0.05) is 0 Å². The summed E-state index contributed by atoms with van der Waals surface area (Å²) in [5, 5.41) is 9.90. The van der Waals surface area contributed by atoms with Gasteiger partial charge in [0, 0.05) is 6.92 Å². The second kappa shape index (κ2) is 1.89. The Kier molecular flexibility index (Phi) is 1.22. The first kappa shape index (κ1) is 5.81. The van der Waals surface area contributed by atoms with Gasteiger partial charge in [0.05, 0.1) is 11.0 Å². The van der Waals surface area contributed by atoms with Crippen molar-refractivity contribution in [1.29, 1.82) is 0 Å². The van der Waals surface area contributed by atoms with Crippen molar-refractivity contribution in [1.82, 2.24) is 0 Å². The molecule has 0 aliphatic carbocycles. The summed E-state index contributed by atoms with van der Waals surface area (Å²) in [6, 6.07) is 1.15. The molecule has 9 heavy (non-hydrogen) atoms. The van der Waals surface area contributed by atoms with Crippen LogP contribution in [-0.2, 0) is 0 Å². The van der Waals surface area contributed by atoms with Gasteiger partial charge in [0.2, 0.25) is 0 Å². The summed E-state index contributed by atoms with van der Waals surface area (Å²) < 4.78 is 4.46. The highest BCUT2D eigenvalue weighted by atomic mass is 16.6. The molecule has 0 amide bonds. The van der Waals surface area contributed by atoms with Gasteiger partial charge >= 0.3 is 5.69 Å². The molecule has 0 spiro atoms. The molecule has 0 N–H and O–H groups in total. The molecular formula is C5H3NO3. The molecule has 1 rings (SSSR count). The van der Waals surface area contributed by atoms with Gasteiger partial charge in [-0.05, 0) is 0 Å². The minimum atomic E-state index is -0.570. The van der Waals surface area contributed by atoms with E-state index in [-0.39, 0.29) is 11.4 Å². The summed E-state index contributed by atoms with van der Waals surface area (Å²) in [6.45, 7) is 5.05. The fraction of sp³-hybridized carbons (Fsp3) is 0. The molecule has 0 aliphatic rings. The highest BCUT2D eigenvalue weighted by Gasteiger charge is 2.06. The Balaban J connectivity index is 2.98. The molecule has 0 aliphatic heterocycles. The van der Waals surface area contributed by atoms with Crippen molar-refractivity contribution in [2.75, 3.05) is 0 Å². The van der Waals surface area contributed by atoms with Crippen molar-refractivity contribution in [3.05, 3.63) is 35.1 Å². The van der Waals surface area contributed by atoms with Crippen LogP contribution in [0.25, 0.3) is 0 Å². The lowest BCUT2D eigenvalue weighted by atomic mass is 10.5. The Labute approximate surface area is 51.2 Å². The minimum absolute atomic E-state index is 0.0571. The van der Waals surface area contributed by atoms with Crippen LogP contribution in [0.15, 0.2) is 16.7 Å². The van der Waals surface area contributed by atoms with Crippen molar-refractivity contribution in [2.24, 2.45) is 0 Å². The van der Waals surface area contributed by atoms with Crippen LogP contribution < -0.4 is 0 Å². The van der Waals surface area contributed by atoms with Gasteiger partial charge in [0.25, 0.3) is 0 Å². The summed E-state index contributed by atoms with van der Waals surface area (Å²) in [5.41, 5.74) is -0.118. The molecule has 4 nitrogen and oxygen atoms in total. The van der Waals surface area contributed by atoms with Crippen LogP contribution in [0.4, 0.5) is 5.69 Å². The van der Waals surface area contributed by atoms with Crippen LogP contribution >= 0.6 is 0 Å². The van der Waals surface area contributed by atoms with Crippen LogP contribution in [0.3, 0.4) is 0 Å². The predicted octanol–water partition coefficient (Wildman–Crippen LogP) is 1.25. The largest absolute Gasteiger partial charge is 0.462 e. The number of nitrogens with zero attached hydrogens (tertiary/aromatic N) is 1. The number of nitro groups is 1. The maximum atomic E-state index is 9.90. The van der Waals surface area contributed by atoms with E-state index in [9.17, 15) is 10.1 Å². The van der Waals surface area contributed by atoms with Crippen LogP contribution in [0.1, 0.15) is 5.76 Å². The van der Waals surface area contributed by atoms with Crippen molar-refractivity contribution >= 4 is 5.69 Å². The Morgan fingerprint density at radius 3 is 2.67 bits per heavy atom. The molecule has 1 aromatic rings. The van der Waals surface area contributed by atoms with E-state index in [0.717, 1.165) is 12.3 Å². The zero-order chi connectivity index (χ0) is 6.85. The third-order valence-corrected chi connectivity index (χ3v) is 0.817. The Morgan fingerprint density at radius 2 is 2.44 bits per heavy atom. The van der Waals surface area contributed by atoms with Gasteiger partial charge < -0.3 is 4.42 Å². The standard InChI is InChI=1S/C5H3NO3/c1-4-2-5(3-9-4)6(7)8/h1-3H. The van der Waals surface area contributed by atoms with Crippen LogP contribution in [0.5, 0.6) is 0 Å². The van der Waals surface area contributed by atoms with Crippen LogP contribution in [0, 0.1) is 17.0 Å². The van der Waals surface area contributed by atoms with E-state index in [4.69, 9.17) is 6.92 Å². The van der Waals surface area contributed by atoms with Crippen LogP contribution in [-0.4, -0.2) is 4.92 Å². The van der Waals surface area contributed by atoms with E-state index in [1.54, 1.807) is 0 Å². The van der Waals surface area contributed by atoms with Gasteiger partial charge in [-0.2, -0.15) is 0 Å². The molecule has 0 atom stereocenters. The summed E-state index contributed by atoms with van der Waals surface area (Å²) in [5.74, 6) is 0.0571. The van der Waals surface area contributed by atoms with Gasteiger partial charge in [-0.3, -0.25) is 10.1 Å². The molecule has 0 unspecified atom stereocenters. The Bertz CT molecular complexity index is 228. The zero-order valence-corrected chi connectivity index (χ0v) is 4.40. The first-order valence-corrected chi connectivity index (χ1v) is 2.18. The number of hydrogen-bond acceptors (Lipinski definition) is 3. The quantitative estimate of drug-likeness (QED) is 0.419. The van der Waals surface area contributed by atoms with Crippen molar-refractivity contribution in [3.8, 4) is 0 Å². The van der Waals surface area contributed by atoms with E-state index < -0.39 is 4.92 Å². The second-order valence-electron chi connectivity index (χ2n) is 1.46. The maximum Gasteiger partial charge on any atom is 0.307 e. The van der Waals surface area contributed by atoms with Gasteiger partial charge in [-0.25, -0.2) is 0 Å². The van der Waals surface area contributed by atoms with E-state index in [2.05, 4.69) is 4.42 Å². The molecule has 2 radical (unpaired) electrons. The molecule has 1 aromatic heterocycles. The first-order chi connectivity index (χ1) is 4.20. The van der Waals surface area contributed by atoms with Crippen molar-refractivity contribution in [2.45, 2.75) is 0 Å². The number of furan rings is 1. The molecule has 1 heterocycles. The lowest BCUT2D eigenvalue weighted by molar-refractivity contribution is -0.385. The number of rotatable bonds is 1. The molecular weight excluding hydrogens is 122 g/mol. The Hall–Kier alpha value is -1.32. The monoisotopic (exact) mass is 125 g/mol. The summed E-state index contributed by atoms with van der Waals surface area (Å²) in [4.78, 5) is 9.33. The van der Waals surface area contributed by atoms with Gasteiger partial charge in [0.1, 0.15) is 5.76 Å². The summed E-state index contributed by atoms with van der Waals surface area (Å²) in [7, 11) is 0. The molecule has 4 heteroatoms. The smallest absolute Gasteiger partial charge is 0.307 e. The topological polar surface area (TPSA) is 56.3 Å². The van der Waals surface area contributed by atoms with E-state index in [1.807, 2.05) is 0 Å². The average Bonchev–Trinajstić information content (AvgIpc) is 2.14. The third kappa shape index (κ3) is 1.07. The van der Waals surface area contributed by atoms with E-state index in [0.29, 0.717) is 0 Å². The van der Waals surface area contributed by atoms with Gasteiger partial charge in [0.15, 0.2) is 6.26 Å². The highest BCUT2D eigenvalue weighted by Crippen LogP contribution is 2.13. The molecule has 0 bridgehead atoms. The van der Waals surface area contributed by atoms with E-state index in [1.165, 1.54) is 0 Å². The second-order valence-corrected chi connectivity index (χ2v) is 1.46. The third-order valence-electron chi connectivity index (χ3n) is 0.817. The molecule has 0 fully saturated rings. The predicted molar refractivity (Wildman–Crippen MR) is 28.8 cm³/mol. The fourth-order valence-electron chi connectivity index (χ4n) is 0.438. The first-order valence-electron chi connectivity index (χ1n) is 2.18. The zero-order valence-electron chi connectivity index (χ0n) is 4.40. The molecule has 0 saturated heterocycles. The lowest BCUT2D eigenvalue weighted by Gasteiger charge is -1.76. The number of hydrogen-bond donors (Lipinski definition) is 0. The normalized spacial score (nSPS) is 9.44. The maximum absolute atomic E-state index is 9.90.